The number of hydrogen-bond acceptors (Lipinski definition) is 5. The average Bonchev–Trinajstić information content (AvgIpc) is 3.12. The SMILES string of the molecule is O=c1c(-c2cnn(Cc3cccc(Cl)c3)c2)c(C(F)(F)F)oc2c(O)c(O)ccc12. The second-order valence-corrected chi connectivity index (χ2v) is 6.94. The van der Waals surface area contributed by atoms with Crippen molar-refractivity contribution in [3.8, 4) is 22.6 Å². The molecule has 0 saturated heterocycles. The molecule has 0 fully saturated rings. The molecule has 0 atom stereocenters. The fourth-order valence-corrected chi connectivity index (χ4v) is 3.31. The normalized spacial score (nSPS) is 11.9. The molecule has 4 rings (SSSR count). The lowest BCUT2D eigenvalue weighted by atomic mass is 10.0. The van der Waals surface area contributed by atoms with E-state index in [4.69, 9.17) is 16.0 Å². The minimum atomic E-state index is -5.03. The second-order valence-electron chi connectivity index (χ2n) is 6.50. The summed E-state index contributed by atoms with van der Waals surface area (Å²) in [7, 11) is 0. The number of halogens is 4. The van der Waals surface area contributed by atoms with Crippen LogP contribution in [-0.2, 0) is 12.7 Å². The van der Waals surface area contributed by atoms with Crippen molar-refractivity contribution in [3.05, 3.63) is 75.4 Å². The summed E-state index contributed by atoms with van der Waals surface area (Å²) in [5, 5.41) is 23.6. The Hall–Kier alpha value is -3.46. The molecule has 0 aliphatic heterocycles. The number of fused-ring (bicyclic) bond motifs is 1. The summed E-state index contributed by atoms with van der Waals surface area (Å²) >= 11 is 5.94. The summed E-state index contributed by atoms with van der Waals surface area (Å²) in [5.74, 6) is -3.25. The van der Waals surface area contributed by atoms with E-state index in [9.17, 15) is 28.2 Å². The molecule has 0 unspecified atom stereocenters. The van der Waals surface area contributed by atoms with Crippen molar-refractivity contribution < 1.29 is 27.8 Å². The van der Waals surface area contributed by atoms with Crippen LogP contribution in [0.15, 0.2) is 58.0 Å². The van der Waals surface area contributed by atoms with Gasteiger partial charge in [-0.1, -0.05) is 23.7 Å². The number of phenols is 2. The van der Waals surface area contributed by atoms with E-state index in [2.05, 4.69) is 5.10 Å². The van der Waals surface area contributed by atoms with Crippen molar-refractivity contribution in [2.45, 2.75) is 12.7 Å². The Labute approximate surface area is 171 Å². The van der Waals surface area contributed by atoms with Gasteiger partial charge in [0.15, 0.2) is 11.3 Å². The fraction of sp³-hybridized carbons (Fsp3) is 0.100. The van der Waals surface area contributed by atoms with Gasteiger partial charge in [-0.25, -0.2) is 0 Å². The summed E-state index contributed by atoms with van der Waals surface area (Å²) in [6.07, 6.45) is -2.62. The van der Waals surface area contributed by atoms with E-state index in [-0.39, 0.29) is 17.5 Å². The molecule has 0 aliphatic rings. The smallest absolute Gasteiger partial charge is 0.450 e. The van der Waals surface area contributed by atoms with Gasteiger partial charge in [-0.3, -0.25) is 9.48 Å². The third-order valence-electron chi connectivity index (χ3n) is 4.43. The molecule has 2 N–H and O–H groups in total. The van der Waals surface area contributed by atoms with Crippen LogP contribution in [0.3, 0.4) is 0 Å². The maximum absolute atomic E-state index is 13.7. The molecule has 154 valence electrons. The predicted octanol–water partition coefficient (Wildman–Crippen LogP) is 4.79. The minimum Gasteiger partial charge on any atom is -0.504 e. The first-order chi connectivity index (χ1) is 14.1. The van der Waals surface area contributed by atoms with Gasteiger partial charge >= 0.3 is 6.18 Å². The second kappa shape index (κ2) is 7.10. The highest BCUT2D eigenvalue weighted by atomic mass is 35.5. The molecule has 0 radical (unpaired) electrons. The van der Waals surface area contributed by atoms with Crippen molar-refractivity contribution in [3.63, 3.8) is 0 Å². The molecule has 0 saturated carbocycles. The highest BCUT2D eigenvalue weighted by Crippen LogP contribution is 2.40. The van der Waals surface area contributed by atoms with Crippen LogP contribution in [0.4, 0.5) is 13.2 Å². The number of phenolic OH excluding ortho intramolecular Hbond substituents is 2. The van der Waals surface area contributed by atoms with Gasteiger partial charge in [-0.2, -0.15) is 18.3 Å². The van der Waals surface area contributed by atoms with Crippen molar-refractivity contribution >= 4 is 22.6 Å². The maximum atomic E-state index is 13.7. The van der Waals surface area contributed by atoms with Gasteiger partial charge in [-0.05, 0) is 29.8 Å². The number of alkyl halides is 3. The van der Waals surface area contributed by atoms with Crippen molar-refractivity contribution in [2.24, 2.45) is 0 Å². The molecule has 10 heteroatoms. The number of benzene rings is 2. The maximum Gasteiger partial charge on any atom is 0.450 e. The molecule has 2 heterocycles. The van der Waals surface area contributed by atoms with Crippen LogP contribution in [0, 0.1) is 0 Å². The molecule has 0 bridgehead atoms. The van der Waals surface area contributed by atoms with Gasteiger partial charge in [0.05, 0.1) is 23.7 Å². The van der Waals surface area contributed by atoms with E-state index < -0.39 is 40.0 Å². The summed E-state index contributed by atoms with van der Waals surface area (Å²) in [5.41, 5.74) is -1.84. The zero-order valence-electron chi connectivity index (χ0n) is 14.9. The van der Waals surface area contributed by atoms with Gasteiger partial charge in [0.25, 0.3) is 0 Å². The quantitative estimate of drug-likeness (QED) is 0.451. The third-order valence-corrected chi connectivity index (χ3v) is 4.66. The Morgan fingerprint density at radius 1 is 1.17 bits per heavy atom. The lowest BCUT2D eigenvalue weighted by Crippen LogP contribution is -2.16. The molecule has 4 aromatic rings. The Morgan fingerprint density at radius 3 is 2.63 bits per heavy atom. The van der Waals surface area contributed by atoms with Gasteiger partial charge < -0.3 is 14.6 Å². The van der Waals surface area contributed by atoms with E-state index in [1.807, 2.05) is 0 Å². The van der Waals surface area contributed by atoms with Crippen LogP contribution in [0.5, 0.6) is 11.5 Å². The largest absolute Gasteiger partial charge is 0.504 e. The monoisotopic (exact) mass is 436 g/mol. The van der Waals surface area contributed by atoms with Crippen LogP contribution in [-0.4, -0.2) is 20.0 Å². The minimum absolute atomic E-state index is 0.104. The van der Waals surface area contributed by atoms with Crippen LogP contribution in [0.25, 0.3) is 22.1 Å². The van der Waals surface area contributed by atoms with Crippen LogP contribution >= 0.6 is 11.6 Å². The highest BCUT2D eigenvalue weighted by Gasteiger charge is 2.40. The summed E-state index contributed by atoms with van der Waals surface area (Å²) in [6, 6.07) is 8.94. The lowest BCUT2D eigenvalue weighted by molar-refractivity contribution is -0.152. The first kappa shape index (κ1) is 19.8. The average molecular weight is 437 g/mol. The van der Waals surface area contributed by atoms with E-state index in [1.54, 1.807) is 24.3 Å². The number of hydrogen-bond donors (Lipinski definition) is 2. The molecule has 2 aromatic carbocycles. The van der Waals surface area contributed by atoms with E-state index in [1.165, 1.54) is 10.9 Å². The van der Waals surface area contributed by atoms with Crippen LogP contribution < -0.4 is 5.43 Å². The zero-order chi connectivity index (χ0) is 21.6. The van der Waals surface area contributed by atoms with Crippen LogP contribution in [0.1, 0.15) is 11.3 Å². The Balaban J connectivity index is 1.88. The van der Waals surface area contributed by atoms with Crippen molar-refractivity contribution in [1.29, 1.82) is 0 Å². The van der Waals surface area contributed by atoms with E-state index in [0.717, 1.165) is 23.9 Å². The predicted molar refractivity (Wildman–Crippen MR) is 103 cm³/mol. The van der Waals surface area contributed by atoms with Gasteiger partial charge in [0.2, 0.25) is 16.9 Å². The Kier molecular flexibility index (Phi) is 4.70. The lowest BCUT2D eigenvalue weighted by Gasteiger charge is -2.12. The Morgan fingerprint density at radius 2 is 1.93 bits per heavy atom. The molecule has 0 spiro atoms. The van der Waals surface area contributed by atoms with Crippen LogP contribution in [0.2, 0.25) is 5.02 Å². The first-order valence-corrected chi connectivity index (χ1v) is 8.89. The molecule has 0 aliphatic carbocycles. The number of aromatic nitrogens is 2. The summed E-state index contributed by atoms with van der Waals surface area (Å²) in [6.45, 7) is 0.218. The molecule has 6 nitrogen and oxygen atoms in total. The number of nitrogens with zero attached hydrogens (tertiary/aromatic N) is 2. The third kappa shape index (κ3) is 3.48. The number of aromatic hydroxyl groups is 2. The summed E-state index contributed by atoms with van der Waals surface area (Å²) < 4.78 is 47.2. The van der Waals surface area contributed by atoms with E-state index >= 15 is 0 Å². The molecule has 0 amide bonds. The van der Waals surface area contributed by atoms with Gasteiger partial charge in [0, 0.05) is 16.8 Å². The molecular weight excluding hydrogens is 425 g/mol. The van der Waals surface area contributed by atoms with E-state index in [0.29, 0.717) is 5.02 Å². The molecule has 2 aromatic heterocycles. The standard InChI is InChI=1S/C20H12ClF3N2O4/c21-12-3-1-2-10(6-12)8-26-9-11(7-25-26)15-16(28)13-4-5-14(27)17(29)18(13)30-19(15)20(22,23)24/h1-7,9,27,29H,8H2. The Bertz CT molecular complexity index is 1330. The van der Waals surface area contributed by atoms with Gasteiger partial charge in [-0.15, -0.1) is 0 Å². The number of rotatable bonds is 3. The van der Waals surface area contributed by atoms with Crippen molar-refractivity contribution in [2.75, 3.05) is 0 Å². The summed E-state index contributed by atoms with van der Waals surface area (Å²) in [4.78, 5) is 12.9. The molecule has 30 heavy (non-hydrogen) atoms. The fourth-order valence-electron chi connectivity index (χ4n) is 3.10. The topological polar surface area (TPSA) is 88.5 Å². The highest BCUT2D eigenvalue weighted by molar-refractivity contribution is 6.30. The van der Waals surface area contributed by atoms with Gasteiger partial charge in [0.1, 0.15) is 0 Å². The van der Waals surface area contributed by atoms with Crippen molar-refractivity contribution in [1.82, 2.24) is 9.78 Å². The molecular formula is C20H12ClF3N2O4. The first-order valence-electron chi connectivity index (χ1n) is 8.51. The zero-order valence-corrected chi connectivity index (χ0v) is 15.7.